The van der Waals surface area contributed by atoms with E-state index in [1.54, 1.807) is 44.6 Å². The molecule has 3 rings (SSSR count). The molecule has 0 bridgehead atoms. The molecule has 136 valence electrons. The van der Waals surface area contributed by atoms with Crippen molar-refractivity contribution in [3.8, 4) is 11.5 Å². The molecule has 0 unspecified atom stereocenters. The summed E-state index contributed by atoms with van der Waals surface area (Å²) in [7, 11) is 3.27. The van der Waals surface area contributed by atoms with Crippen molar-refractivity contribution in [2.24, 2.45) is 0 Å². The summed E-state index contributed by atoms with van der Waals surface area (Å²) in [6, 6.07) is 13.3. The van der Waals surface area contributed by atoms with Gasteiger partial charge >= 0.3 is 0 Å². The van der Waals surface area contributed by atoms with Crippen LogP contribution in [-0.2, 0) is 5.54 Å². The van der Waals surface area contributed by atoms with Crippen LogP contribution < -0.4 is 14.8 Å². The molecule has 1 aliphatic rings. The summed E-state index contributed by atoms with van der Waals surface area (Å²) in [5, 5.41) is 3.60. The third-order valence-electron chi connectivity index (χ3n) is 5.26. The van der Waals surface area contributed by atoms with Gasteiger partial charge in [-0.2, -0.15) is 0 Å². The second-order valence-electron chi connectivity index (χ2n) is 6.48. The van der Waals surface area contributed by atoms with Crippen molar-refractivity contribution < 1.29 is 14.3 Å². The molecule has 0 saturated heterocycles. The zero-order valence-corrected chi connectivity index (χ0v) is 15.8. The van der Waals surface area contributed by atoms with Crippen molar-refractivity contribution in [3.63, 3.8) is 0 Å². The maximum absolute atomic E-state index is 12.8. The van der Waals surface area contributed by atoms with Crippen molar-refractivity contribution in [2.45, 2.75) is 32.2 Å². The van der Waals surface area contributed by atoms with Crippen LogP contribution in [0.5, 0.6) is 11.5 Å². The molecule has 4 nitrogen and oxygen atoms in total. The molecular formula is C22H25NO3. The lowest BCUT2D eigenvalue weighted by atomic mass is 9.85. The van der Waals surface area contributed by atoms with Crippen molar-refractivity contribution in [1.29, 1.82) is 0 Å². The number of methoxy groups -OCH3 is 2. The number of carbonyl (C=O) groups excluding carboxylic acids is 1. The number of benzene rings is 2. The molecule has 0 fully saturated rings. The number of ketones is 1. The number of carbonyl (C=O) groups is 1. The van der Waals surface area contributed by atoms with Gasteiger partial charge in [0.15, 0.2) is 5.78 Å². The van der Waals surface area contributed by atoms with E-state index in [4.69, 9.17) is 9.47 Å². The lowest BCUT2D eigenvalue weighted by Gasteiger charge is -2.28. The molecular weight excluding hydrogens is 326 g/mol. The molecule has 0 amide bonds. The normalized spacial score (nSPS) is 16.1. The maximum Gasteiger partial charge on any atom is 0.187 e. The summed E-state index contributed by atoms with van der Waals surface area (Å²) in [4.78, 5) is 12.8. The Morgan fingerprint density at radius 2 is 1.62 bits per heavy atom. The van der Waals surface area contributed by atoms with Crippen molar-refractivity contribution in [3.05, 3.63) is 65.2 Å². The van der Waals surface area contributed by atoms with E-state index in [0.29, 0.717) is 5.56 Å². The molecule has 0 aromatic heterocycles. The van der Waals surface area contributed by atoms with E-state index < -0.39 is 0 Å². The first-order valence-electron chi connectivity index (χ1n) is 8.94. The number of ether oxygens (including phenoxy) is 2. The molecule has 0 saturated carbocycles. The molecule has 0 aliphatic carbocycles. The standard InChI is InChI=1S/C22H25NO3/c1-5-22(6-2)19-12-11-17(26-4)13-18(19)20(23-22)14-21(24)15-7-9-16(25-3)10-8-15/h7-14,23H,5-6H2,1-4H3/b20-14-. The van der Waals surface area contributed by atoms with Gasteiger partial charge in [0.05, 0.1) is 19.8 Å². The first-order valence-corrected chi connectivity index (χ1v) is 8.94. The van der Waals surface area contributed by atoms with Crippen LogP contribution in [-0.4, -0.2) is 20.0 Å². The SMILES string of the molecule is CCC1(CC)N/C(=C\C(=O)c2ccc(OC)cc2)c2cc(OC)ccc21. The van der Waals surface area contributed by atoms with Gasteiger partial charge in [-0.3, -0.25) is 4.79 Å². The Balaban J connectivity index is 2.02. The first-order chi connectivity index (χ1) is 12.6. The van der Waals surface area contributed by atoms with Gasteiger partial charge in [-0.25, -0.2) is 0 Å². The number of allylic oxidation sites excluding steroid dienone is 1. The lowest BCUT2D eigenvalue weighted by Crippen LogP contribution is -2.34. The number of nitrogens with one attached hydrogen (secondary N) is 1. The van der Waals surface area contributed by atoms with Gasteiger partial charge in [-0.05, 0) is 54.8 Å². The Morgan fingerprint density at radius 3 is 2.19 bits per heavy atom. The zero-order valence-electron chi connectivity index (χ0n) is 15.8. The fraction of sp³-hybridized carbons (Fsp3) is 0.318. The average Bonchev–Trinajstić information content (AvgIpc) is 3.01. The summed E-state index contributed by atoms with van der Waals surface area (Å²) in [5.74, 6) is 1.49. The highest BCUT2D eigenvalue weighted by atomic mass is 16.5. The fourth-order valence-electron chi connectivity index (χ4n) is 3.57. The molecule has 2 aromatic rings. The Morgan fingerprint density at radius 1 is 1.00 bits per heavy atom. The Kier molecular flexibility index (Phi) is 5.03. The smallest absolute Gasteiger partial charge is 0.187 e. The van der Waals surface area contributed by atoms with Crippen LogP contribution in [0.1, 0.15) is 48.2 Å². The Labute approximate surface area is 154 Å². The van der Waals surface area contributed by atoms with E-state index in [1.807, 2.05) is 12.1 Å². The van der Waals surface area contributed by atoms with Crippen LogP contribution in [0.2, 0.25) is 0 Å². The van der Waals surface area contributed by atoms with Crippen molar-refractivity contribution in [2.75, 3.05) is 14.2 Å². The highest BCUT2D eigenvalue weighted by Crippen LogP contribution is 2.43. The van der Waals surface area contributed by atoms with Crippen LogP contribution in [0.15, 0.2) is 48.5 Å². The summed E-state index contributed by atoms with van der Waals surface area (Å²) in [5.41, 5.74) is 3.60. The van der Waals surface area contributed by atoms with Crippen LogP contribution in [0.25, 0.3) is 5.70 Å². The fourth-order valence-corrected chi connectivity index (χ4v) is 3.57. The van der Waals surface area contributed by atoms with Gasteiger partial charge < -0.3 is 14.8 Å². The van der Waals surface area contributed by atoms with Gasteiger partial charge in [0.1, 0.15) is 11.5 Å². The van der Waals surface area contributed by atoms with E-state index in [2.05, 4.69) is 25.2 Å². The monoisotopic (exact) mass is 351 g/mol. The largest absolute Gasteiger partial charge is 0.497 e. The van der Waals surface area contributed by atoms with Crippen LogP contribution in [0.3, 0.4) is 0 Å². The minimum Gasteiger partial charge on any atom is -0.497 e. The van der Waals surface area contributed by atoms with E-state index in [0.717, 1.165) is 35.6 Å². The predicted octanol–water partition coefficient (Wildman–Crippen LogP) is 4.55. The second-order valence-corrected chi connectivity index (χ2v) is 6.48. The van der Waals surface area contributed by atoms with Gasteiger partial charge in [0.2, 0.25) is 0 Å². The van der Waals surface area contributed by atoms with Gasteiger partial charge in [-0.1, -0.05) is 19.9 Å². The highest BCUT2D eigenvalue weighted by Gasteiger charge is 2.38. The molecule has 1 heterocycles. The topological polar surface area (TPSA) is 47.6 Å². The summed E-state index contributed by atoms with van der Waals surface area (Å²) < 4.78 is 10.5. The molecule has 0 radical (unpaired) electrons. The molecule has 1 N–H and O–H groups in total. The van der Waals surface area contributed by atoms with E-state index in [-0.39, 0.29) is 11.3 Å². The molecule has 0 spiro atoms. The van der Waals surface area contributed by atoms with Gasteiger partial charge in [-0.15, -0.1) is 0 Å². The Bertz CT molecular complexity index is 833. The zero-order chi connectivity index (χ0) is 18.7. The molecule has 4 heteroatoms. The number of hydrogen-bond acceptors (Lipinski definition) is 4. The second kappa shape index (κ2) is 7.24. The minimum absolute atomic E-state index is 0.0353. The summed E-state index contributed by atoms with van der Waals surface area (Å²) in [6.07, 6.45) is 3.57. The minimum atomic E-state index is -0.145. The van der Waals surface area contributed by atoms with Crippen LogP contribution in [0, 0.1) is 0 Å². The van der Waals surface area contributed by atoms with Gasteiger partial charge in [0.25, 0.3) is 0 Å². The number of hydrogen-bond donors (Lipinski definition) is 1. The van der Waals surface area contributed by atoms with Crippen LogP contribution >= 0.6 is 0 Å². The van der Waals surface area contributed by atoms with Gasteiger partial charge in [0, 0.05) is 22.9 Å². The third kappa shape index (κ3) is 3.07. The summed E-state index contributed by atoms with van der Waals surface area (Å²) >= 11 is 0. The highest BCUT2D eigenvalue weighted by molar-refractivity contribution is 6.09. The quantitative estimate of drug-likeness (QED) is 0.613. The Hall–Kier alpha value is -2.75. The predicted molar refractivity (Wildman–Crippen MR) is 104 cm³/mol. The first kappa shape index (κ1) is 18.1. The van der Waals surface area contributed by atoms with E-state index in [1.165, 1.54) is 5.56 Å². The van der Waals surface area contributed by atoms with E-state index in [9.17, 15) is 4.79 Å². The number of rotatable bonds is 6. The van der Waals surface area contributed by atoms with E-state index >= 15 is 0 Å². The molecule has 2 aromatic carbocycles. The maximum atomic E-state index is 12.8. The molecule has 1 aliphatic heterocycles. The summed E-state index contributed by atoms with van der Waals surface area (Å²) in [6.45, 7) is 4.33. The van der Waals surface area contributed by atoms with Crippen molar-refractivity contribution in [1.82, 2.24) is 5.32 Å². The van der Waals surface area contributed by atoms with Crippen molar-refractivity contribution >= 4 is 11.5 Å². The molecule has 0 atom stereocenters. The molecule has 26 heavy (non-hydrogen) atoms. The third-order valence-corrected chi connectivity index (χ3v) is 5.26. The lowest BCUT2D eigenvalue weighted by molar-refractivity contribution is 0.104. The van der Waals surface area contributed by atoms with Crippen LogP contribution in [0.4, 0.5) is 0 Å². The number of fused-ring (bicyclic) bond motifs is 1. The average molecular weight is 351 g/mol.